The number of benzene rings is 1. The van der Waals surface area contributed by atoms with Crippen LogP contribution in [0.3, 0.4) is 0 Å². The first-order chi connectivity index (χ1) is 22.1. The van der Waals surface area contributed by atoms with Gasteiger partial charge in [-0.1, -0.05) is 54.4 Å². The molecule has 4 aliphatic heterocycles. The molecular formula is C34H43Cl2N7O3. The third-order valence-electron chi connectivity index (χ3n) is 9.57. The normalized spacial score (nSPS) is 23.8. The average molecular weight is 669 g/mol. The number of anilines is 1. The van der Waals surface area contributed by atoms with Crippen molar-refractivity contribution < 1.29 is 14.3 Å². The minimum Gasteiger partial charge on any atom is -0.461 e. The zero-order valence-corrected chi connectivity index (χ0v) is 28.5. The Bertz CT molecular complexity index is 1590. The number of rotatable bonds is 8. The summed E-state index contributed by atoms with van der Waals surface area (Å²) in [5.41, 5.74) is 11.9. The highest BCUT2D eigenvalue weighted by Crippen LogP contribution is 2.42. The van der Waals surface area contributed by atoms with Gasteiger partial charge in [0.2, 0.25) is 0 Å². The summed E-state index contributed by atoms with van der Waals surface area (Å²) in [6, 6.07) is 6.33. The van der Waals surface area contributed by atoms with Crippen molar-refractivity contribution in [1.29, 1.82) is 0 Å². The van der Waals surface area contributed by atoms with Gasteiger partial charge in [-0.3, -0.25) is 14.7 Å². The van der Waals surface area contributed by atoms with Gasteiger partial charge in [0.15, 0.2) is 0 Å². The molecule has 0 bridgehead atoms. The van der Waals surface area contributed by atoms with Crippen molar-refractivity contribution in [2.45, 2.75) is 63.7 Å². The second kappa shape index (κ2) is 13.5. The molecule has 2 unspecified atom stereocenters. The Morgan fingerprint density at radius 2 is 2.07 bits per heavy atom. The number of carbonyl (C=O) groups is 1. The lowest BCUT2D eigenvalue weighted by Gasteiger charge is -2.33. The van der Waals surface area contributed by atoms with E-state index in [0.717, 1.165) is 78.4 Å². The summed E-state index contributed by atoms with van der Waals surface area (Å²) in [4.78, 5) is 33.4. The van der Waals surface area contributed by atoms with Crippen molar-refractivity contribution in [3.05, 3.63) is 68.5 Å². The number of nitrogens with zero attached hydrogens (tertiary/aromatic N) is 6. The Labute approximate surface area is 281 Å². The maximum absolute atomic E-state index is 12.6. The van der Waals surface area contributed by atoms with E-state index in [1.165, 1.54) is 10.5 Å². The number of carbonyl (C=O) groups excluding carboxylic acids is 1. The zero-order chi connectivity index (χ0) is 32.6. The molecule has 12 heteroatoms. The molecule has 10 nitrogen and oxygen atoms in total. The van der Waals surface area contributed by atoms with Crippen LogP contribution >= 0.6 is 23.2 Å². The summed E-state index contributed by atoms with van der Waals surface area (Å²) >= 11 is 13.3. The molecule has 246 valence electrons. The van der Waals surface area contributed by atoms with Crippen LogP contribution in [0.15, 0.2) is 46.1 Å². The fourth-order valence-corrected chi connectivity index (χ4v) is 7.76. The summed E-state index contributed by atoms with van der Waals surface area (Å²) in [6.45, 7) is 10.7. The quantitative estimate of drug-likeness (QED) is 0.315. The van der Waals surface area contributed by atoms with Gasteiger partial charge in [0.25, 0.3) is 5.91 Å². The average Bonchev–Trinajstić information content (AvgIpc) is 3.45. The molecule has 1 amide bonds. The Hall–Kier alpha value is -3.18. The van der Waals surface area contributed by atoms with E-state index >= 15 is 0 Å². The molecule has 2 fully saturated rings. The van der Waals surface area contributed by atoms with E-state index < -0.39 is 0 Å². The van der Waals surface area contributed by atoms with Crippen LogP contribution in [0.5, 0.6) is 6.01 Å². The van der Waals surface area contributed by atoms with Crippen LogP contribution in [0.1, 0.15) is 61.1 Å². The van der Waals surface area contributed by atoms with Gasteiger partial charge in [-0.15, -0.1) is 0 Å². The minimum atomic E-state index is -0.361. The molecule has 46 heavy (non-hydrogen) atoms. The number of hydrogen-bond donors (Lipinski definition) is 1. The van der Waals surface area contributed by atoms with E-state index in [4.69, 9.17) is 53.4 Å². The molecule has 6 rings (SSSR count). The smallest absolute Gasteiger partial charge is 0.318 e. The van der Waals surface area contributed by atoms with Gasteiger partial charge in [0.1, 0.15) is 18.1 Å². The molecule has 2 atom stereocenters. The van der Waals surface area contributed by atoms with Crippen molar-refractivity contribution >= 4 is 40.6 Å². The van der Waals surface area contributed by atoms with Crippen molar-refractivity contribution in [1.82, 2.24) is 19.8 Å². The van der Waals surface area contributed by atoms with Crippen LogP contribution < -0.4 is 15.4 Å². The molecule has 0 spiro atoms. The van der Waals surface area contributed by atoms with Gasteiger partial charge in [-0.2, -0.15) is 9.97 Å². The van der Waals surface area contributed by atoms with Gasteiger partial charge in [0, 0.05) is 50.7 Å². The number of hydrogen-bond acceptors (Lipinski definition) is 9. The largest absolute Gasteiger partial charge is 0.461 e. The maximum atomic E-state index is 12.6. The fourth-order valence-electron chi connectivity index (χ4n) is 7.25. The Kier molecular flexibility index (Phi) is 9.62. The highest BCUT2D eigenvalue weighted by atomic mass is 35.5. The van der Waals surface area contributed by atoms with Crippen LogP contribution in [-0.4, -0.2) is 90.4 Å². The first kappa shape index (κ1) is 32.7. The monoisotopic (exact) mass is 667 g/mol. The Morgan fingerprint density at radius 1 is 1.24 bits per heavy atom. The summed E-state index contributed by atoms with van der Waals surface area (Å²) in [5, 5.41) is 0.907. The fraction of sp³-hybridized carbons (Fsp3) is 0.529. The van der Waals surface area contributed by atoms with Crippen LogP contribution in [0, 0.1) is 0 Å². The number of amides is 1. The van der Waals surface area contributed by atoms with Crippen molar-refractivity contribution in [3.8, 4) is 6.01 Å². The van der Waals surface area contributed by atoms with Crippen molar-refractivity contribution in [2.24, 2.45) is 10.7 Å². The van der Waals surface area contributed by atoms with Gasteiger partial charge >= 0.3 is 6.01 Å². The van der Waals surface area contributed by atoms with Gasteiger partial charge in [-0.25, -0.2) is 0 Å². The second-order valence-corrected chi connectivity index (χ2v) is 13.7. The number of fused-ring (bicyclic) bond motifs is 2. The number of likely N-dealkylation sites (N-methyl/N-ethyl adjacent to an activating group) is 1. The third-order valence-corrected chi connectivity index (χ3v) is 10.3. The summed E-state index contributed by atoms with van der Waals surface area (Å²) in [5.74, 6) is 0.369. The zero-order valence-electron chi connectivity index (χ0n) is 27.0. The van der Waals surface area contributed by atoms with Crippen LogP contribution in [-0.2, 0) is 29.0 Å². The molecule has 0 saturated carbocycles. The van der Waals surface area contributed by atoms with E-state index in [0.29, 0.717) is 51.0 Å². The lowest BCUT2D eigenvalue weighted by molar-refractivity contribution is -0.124. The highest BCUT2D eigenvalue weighted by Gasteiger charge is 2.46. The highest BCUT2D eigenvalue weighted by molar-refractivity contribution is 6.45. The van der Waals surface area contributed by atoms with Crippen molar-refractivity contribution in [2.75, 3.05) is 58.3 Å². The standard InChI is InChI=1S/C34H43Cl2N7O3/c1-5-22-23(9-6-10-25(22)35)28-15-26-24(19-45-28)31(40-33(39-26)46-20-34-11-7-14-43(34)17-21(2)16-34)42-13-8-12-38-27(18-42)29(36)30(37)32(44)41(3)4/h6,9-10,28H,2,5,7-8,11-20,37H2,1,3-4H3/b30-29+. The van der Waals surface area contributed by atoms with E-state index in [9.17, 15) is 4.79 Å². The Balaban J connectivity index is 1.35. The number of ether oxygens (including phenoxy) is 2. The van der Waals surface area contributed by atoms with Gasteiger partial charge < -0.3 is 25.0 Å². The van der Waals surface area contributed by atoms with E-state index in [2.05, 4.69) is 29.4 Å². The number of halogens is 2. The molecule has 0 radical (unpaired) electrons. The second-order valence-electron chi connectivity index (χ2n) is 12.9. The minimum absolute atomic E-state index is 0.0287. The van der Waals surface area contributed by atoms with Gasteiger partial charge in [0.05, 0.1) is 41.2 Å². The van der Waals surface area contributed by atoms with Crippen LogP contribution in [0.4, 0.5) is 5.82 Å². The molecule has 1 aromatic heterocycles. The van der Waals surface area contributed by atoms with E-state index in [1.54, 1.807) is 14.1 Å². The lowest BCUT2D eigenvalue weighted by Crippen LogP contribution is -2.43. The summed E-state index contributed by atoms with van der Waals surface area (Å²) in [7, 11) is 3.28. The topological polar surface area (TPSA) is 109 Å². The van der Waals surface area contributed by atoms with E-state index in [1.807, 2.05) is 12.1 Å². The first-order valence-electron chi connectivity index (χ1n) is 16.1. The molecule has 2 N–H and O–H groups in total. The SMILES string of the molecule is C=C1CN2CCCC2(COc2nc3c(c(N4CCCN=C(/C(Cl)=C(\N)C(=O)N(C)C)C4)n2)COC(c2cccc(Cl)c2CC)C3)C1. The number of aliphatic imine (C=N–C) groups is 1. The molecule has 2 saturated heterocycles. The number of nitrogens with two attached hydrogens (primary N) is 1. The molecular weight excluding hydrogens is 625 g/mol. The summed E-state index contributed by atoms with van der Waals surface area (Å²) < 4.78 is 13.0. The Morgan fingerprint density at radius 3 is 2.85 bits per heavy atom. The third kappa shape index (κ3) is 6.37. The predicted molar refractivity (Wildman–Crippen MR) is 182 cm³/mol. The predicted octanol–water partition coefficient (Wildman–Crippen LogP) is 4.83. The van der Waals surface area contributed by atoms with Crippen LogP contribution in [0.25, 0.3) is 0 Å². The van der Waals surface area contributed by atoms with Crippen molar-refractivity contribution in [3.63, 3.8) is 0 Å². The molecule has 4 aliphatic rings. The van der Waals surface area contributed by atoms with Crippen LogP contribution in [0.2, 0.25) is 5.02 Å². The molecule has 2 aromatic rings. The van der Waals surface area contributed by atoms with Gasteiger partial charge in [-0.05, 0) is 55.8 Å². The summed E-state index contributed by atoms with van der Waals surface area (Å²) in [6.07, 6.45) is 5.08. The van der Waals surface area contributed by atoms with E-state index in [-0.39, 0.29) is 28.3 Å². The maximum Gasteiger partial charge on any atom is 0.318 e. The lowest BCUT2D eigenvalue weighted by atomic mass is 9.94. The molecule has 0 aliphatic carbocycles. The molecule has 1 aromatic carbocycles. The first-order valence-corrected chi connectivity index (χ1v) is 16.8. The molecule has 5 heterocycles. The number of aromatic nitrogens is 2.